The molecule has 4 heteroatoms. The van der Waals surface area contributed by atoms with Crippen LogP contribution in [0.4, 0.5) is 5.69 Å². The largest absolute Gasteiger partial charge is 0.322 e. The van der Waals surface area contributed by atoms with Crippen molar-refractivity contribution < 1.29 is 4.79 Å². The van der Waals surface area contributed by atoms with Gasteiger partial charge in [-0.15, -0.1) is 0 Å². The van der Waals surface area contributed by atoms with Gasteiger partial charge in [-0.2, -0.15) is 0 Å². The number of aryl methyl sites for hydroxylation is 2. The van der Waals surface area contributed by atoms with Crippen molar-refractivity contribution >= 4 is 34.1 Å². The Labute approximate surface area is 133 Å². The van der Waals surface area contributed by atoms with Gasteiger partial charge < -0.3 is 5.32 Å². The van der Waals surface area contributed by atoms with Crippen LogP contribution in [0.3, 0.4) is 0 Å². The normalized spacial score (nSPS) is 10.7. The van der Waals surface area contributed by atoms with Gasteiger partial charge in [0.05, 0.1) is 11.1 Å². The van der Waals surface area contributed by atoms with Crippen LogP contribution >= 0.6 is 11.6 Å². The van der Waals surface area contributed by atoms with Crippen LogP contribution in [-0.4, -0.2) is 10.9 Å². The lowest BCUT2D eigenvalue weighted by Crippen LogP contribution is -2.13. The highest BCUT2D eigenvalue weighted by Crippen LogP contribution is 2.23. The van der Waals surface area contributed by atoms with Crippen molar-refractivity contribution in [2.75, 3.05) is 5.32 Å². The first-order chi connectivity index (χ1) is 10.5. The van der Waals surface area contributed by atoms with E-state index in [1.165, 1.54) is 5.56 Å². The highest BCUT2D eigenvalue weighted by Gasteiger charge is 2.13. The summed E-state index contributed by atoms with van der Waals surface area (Å²) in [5.74, 6) is -0.213. The molecule has 0 saturated heterocycles. The summed E-state index contributed by atoms with van der Waals surface area (Å²) in [6.07, 6.45) is 1.67. The highest BCUT2D eigenvalue weighted by molar-refractivity contribution is 6.32. The fourth-order valence-corrected chi connectivity index (χ4v) is 2.57. The van der Waals surface area contributed by atoms with Crippen molar-refractivity contribution in [3.05, 3.63) is 70.4 Å². The number of halogens is 1. The molecule has 1 aromatic heterocycles. The van der Waals surface area contributed by atoms with Crippen LogP contribution in [0.25, 0.3) is 10.9 Å². The van der Waals surface area contributed by atoms with E-state index in [-0.39, 0.29) is 5.91 Å². The van der Waals surface area contributed by atoms with Crippen molar-refractivity contribution in [1.29, 1.82) is 0 Å². The number of carbonyl (C=O) groups is 1. The Morgan fingerprint density at radius 3 is 2.68 bits per heavy atom. The minimum Gasteiger partial charge on any atom is -0.322 e. The Bertz CT molecular complexity index is 874. The number of fused-ring (bicyclic) bond motifs is 1. The van der Waals surface area contributed by atoms with Gasteiger partial charge in [-0.05, 0) is 55.3 Å². The second kappa shape index (κ2) is 5.78. The molecule has 0 spiro atoms. The van der Waals surface area contributed by atoms with E-state index in [2.05, 4.69) is 10.3 Å². The molecule has 3 aromatic rings. The molecule has 22 heavy (non-hydrogen) atoms. The summed E-state index contributed by atoms with van der Waals surface area (Å²) < 4.78 is 0. The van der Waals surface area contributed by atoms with Gasteiger partial charge in [-0.1, -0.05) is 23.7 Å². The van der Waals surface area contributed by atoms with E-state index in [9.17, 15) is 4.79 Å². The van der Waals surface area contributed by atoms with Crippen molar-refractivity contribution in [1.82, 2.24) is 4.98 Å². The Morgan fingerprint density at radius 1 is 1.09 bits per heavy atom. The van der Waals surface area contributed by atoms with Crippen LogP contribution in [0.1, 0.15) is 21.5 Å². The Hall–Kier alpha value is -2.39. The lowest BCUT2D eigenvalue weighted by atomic mass is 10.1. The fraction of sp³-hybridized carbons (Fsp3) is 0.111. The number of rotatable bonds is 2. The molecule has 3 rings (SSSR count). The molecule has 0 fully saturated rings. The summed E-state index contributed by atoms with van der Waals surface area (Å²) in [5.41, 5.74) is 4.20. The van der Waals surface area contributed by atoms with E-state index in [1.807, 2.05) is 44.2 Å². The third-order valence-corrected chi connectivity index (χ3v) is 3.90. The molecule has 0 unspecified atom stereocenters. The monoisotopic (exact) mass is 310 g/mol. The molecule has 0 atom stereocenters. The molecule has 0 saturated carbocycles. The van der Waals surface area contributed by atoms with Crippen LogP contribution in [0.15, 0.2) is 48.7 Å². The average Bonchev–Trinajstić information content (AvgIpc) is 2.50. The van der Waals surface area contributed by atoms with Gasteiger partial charge in [0.2, 0.25) is 0 Å². The number of amides is 1. The quantitative estimate of drug-likeness (QED) is 0.741. The van der Waals surface area contributed by atoms with Crippen molar-refractivity contribution in [2.24, 2.45) is 0 Å². The summed E-state index contributed by atoms with van der Waals surface area (Å²) in [4.78, 5) is 16.9. The molecular weight excluding hydrogens is 296 g/mol. The molecule has 110 valence electrons. The Balaban J connectivity index is 2.00. The smallest absolute Gasteiger partial charge is 0.257 e. The van der Waals surface area contributed by atoms with Gasteiger partial charge in [-0.25, -0.2) is 0 Å². The zero-order chi connectivity index (χ0) is 15.7. The summed E-state index contributed by atoms with van der Waals surface area (Å²) in [7, 11) is 0. The summed E-state index contributed by atoms with van der Waals surface area (Å²) >= 11 is 6.11. The van der Waals surface area contributed by atoms with Crippen molar-refractivity contribution in [3.63, 3.8) is 0 Å². The zero-order valence-electron chi connectivity index (χ0n) is 12.4. The number of carbonyl (C=O) groups excluding carboxylic acids is 1. The van der Waals surface area contributed by atoms with Gasteiger partial charge in [0, 0.05) is 22.3 Å². The maximum Gasteiger partial charge on any atom is 0.257 e. The zero-order valence-corrected chi connectivity index (χ0v) is 13.1. The van der Waals surface area contributed by atoms with E-state index >= 15 is 0 Å². The number of pyridine rings is 1. The van der Waals surface area contributed by atoms with Crippen molar-refractivity contribution in [2.45, 2.75) is 13.8 Å². The second-order valence-electron chi connectivity index (χ2n) is 5.28. The number of benzene rings is 2. The first-order valence-corrected chi connectivity index (χ1v) is 7.35. The third-order valence-electron chi connectivity index (χ3n) is 3.68. The van der Waals surface area contributed by atoms with Gasteiger partial charge in [0.1, 0.15) is 0 Å². The number of hydrogen-bond donors (Lipinski definition) is 1. The lowest BCUT2D eigenvalue weighted by Gasteiger charge is -2.10. The van der Waals surface area contributed by atoms with Crippen LogP contribution in [0, 0.1) is 13.8 Å². The molecular formula is C18H15ClN2O. The number of nitrogens with zero attached hydrogens (tertiary/aromatic N) is 1. The Kier molecular flexibility index (Phi) is 3.82. The molecule has 0 aliphatic rings. The van der Waals surface area contributed by atoms with Crippen molar-refractivity contribution in [3.8, 4) is 0 Å². The maximum absolute atomic E-state index is 12.6. The topological polar surface area (TPSA) is 42.0 Å². The van der Waals surface area contributed by atoms with Crippen LogP contribution in [0.2, 0.25) is 5.02 Å². The van der Waals surface area contributed by atoms with Gasteiger partial charge in [0.15, 0.2) is 0 Å². The average molecular weight is 311 g/mol. The summed E-state index contributed by atoms with van der Waals surface area (Å²) in [6.45, 7) is 4.05. The van der Waals surface area contributed by atoms with Gasteiger partial charge >= 0.3 is 0 Å². The third kappa shape index (κ3) is 2.81. The minimum atomic E-state index is -0.213. The fourth-order valence-electron chi connectivity index (χ4n) is 2.35. The first kappa shape index (κ1) is 14.5. The molecule has 1 heterocycles. The van der Waals surface area contributed by atoms with E-state index in [1.54, 1.807) is 18.3 Å². The minimum absolute atomic E-state index is 0.213. The number of hydrogen-bond acceptors (Lipinski definition) is 2. The van der Waals surface area contributed by atoms with Gasteiger partial charge in [0.25, 0.3) is 5.91 Å². The molecule has 0 bridgehead atoms. The molecule has 3 nitrogen and oxygen atoms in total. The van der Waals surface area contributed by atoms with E-state index < -0.39 is 0 Å². The van der Waals surface area contributed by atoms with Crippen LogP contribution in [-0.2, 0) is 0 Å². The van der Waals surface area contributed by atoms with E-state index in [0.717, 1.165) is 16.6 Å². The first-order valence-electron chi connectivity index (χ1n) is 6.97. The number of aromatic nitrogens is 1. The SMILES string of the molecule is Cc1ccc(NC(=O)c2cc(Cl)cc3cccnc23)cc1C. The van der Waals surface area contributed by atoms with Crippen LogP contribution in [0.5, 0.6) is 0 Å². The summed E-state index contributed by atoms with van der Waals surface area (Å²) in [5, 5.41) is 4.27. The van der Waals surface area contributed by atoms with E-state index in [4.69, 9.17) is 11.6 Å². The maximum atomic E-state index is 12.6. The highest BCUT2D eigenvalue weighted by atomic mass is 35.5. The number of anilines is 1. The van der Waals surface area contributed by atoms with Crippen LogP contribution < -0.4 is 5.32 Å². The number of nitrogens with one attached hydrogen (secondary N) is 1. The molecule has 0 aliphatic heterocycles. The summed E-state index contributed by atoms with van der Waals surface area (Å²) in [6, 6.07) is 13.0. The second-order valence-corrected chi connectivity index (χ2v) is 5.72. The van der Waals surface area contributed by atoms with E-state index in [0.29, 0.717) is 16.1 Å². The van der Waals surface area contributed by atoms with Gasteiger partial charge in [-0.3, -0.25) is 9.78 Å². The predicted octanol–water partition coefficient (Wildman–Crippen LogP) is 4.76. The standard InChI is InChI=1S/C18H15ClN2O/c1-11-5-6-15(8-12(11)2)21-18(22)16-10-14(19)9-13-4-3-7-20-17(13)16/h3-10H,1-2H3,(H,21,22). The molecule has 0 radical (unpaired) electrons. The predicted molar refractivity (Wildman–Crippen MR) is 90.6 cm³/mol. The molecule has 1 amide bonds. The molecule has 0 aliphatic carbocycles. The molecule has 2 aromatic carbocycles. The molecule has 1 N–H and O–H groups in total. The Morgan fingerprint density at radius 2 is 1.91 bits per heavy atom. The lowest BCUT2D eigenvalue weighted by molar-refractivity contribution is 0.102.